The Morgan fingerprint density at radius 1 is 1.14 bits per heavy atom. The second-order valence-corrected chi connectivity index (χ2v) is 8.96. The lowest BCUT2D eigenvalue weighted by Gasteiger charge is -2.14. The molecule has 4 aromatic rings. The molecule has 0 atom stereocenters. The largest absolute Gasteiger partial charge is 0.354 e. The minimum atomic E-state index is -0.378. The zero-order valence-electron chi connectivity index (χ0n) is 20.0. The molecule has 1 N–H and O–H groups in total. The number of nitrogens with one attached hydrogen (secondary N) is 1. The summed E-state index contributed by atoms with van der Waals surface area (Å²) in [4.78, 5) is 34.9. The number of nitrogens with zero attached hydrogens (tertiary/aromatic N) is 4. The Bertz CT molecular complexity index is 1500. The number of pyridine rings is 2. The van der Waals surface area contributed by atoms with Gasteiger partial charge in [0, 0.05) is 24.0 Å². The number of aryl methyl sites for hydroxylation is 1. The molecule has 0 fully saturated rings. The van der Waals surface area contributed by atoms with Crippen molar-refractivity contribution in [1.82, 2.24) is 25.0 Å². The number of hydrogen-bond acceptors (Lipinski definition) is 6. The van der Waals surface area contributed by atoms with Gasteiger partial charge < -0.3 is 14.4 Å². The van der Waals surface area contributed by atoms with Gasteiger partial charge in [0.05, 0.1) is 5.39 Å². The van der Waals surface area contributed by atoms with Crippen LogP contribution in [0, 0.1) is 12.7 Å². The van der Waals surface area contributed by atoms with Gasteiger partial charge in [0.25, 0.3) is 5.89 Å². The first-order chi connectivity index (χ1) is 17.5. The fraction of sp³-hybridized carbons (Fsp3) is 0.296. The molecule has 184 valence electrons. The van der Waals surface area contributed by atoms with Crippen molar-refractivity contribution in [2.24, 2.45) is 0 Å². The van der Waals surface area contributed by atoms with Gasteiger partial charge in [-0.15, -0.1) is 0 Å². The van der Waals surface area contributed by atoms with Gasteiger partial charge in [-0.2, -0.15) is 4.98 Å². The fourth-order valence-corrected chi connectivity index (χ4v) is 4.39. The number of fused-ring (bicyclic) bond motifs is 1. The number of aromatic nitrogens is 4. The van der Waals surface area contributed by atoms with Crippen LogP contribution in [0.25, 0.3) is 33.9 Å². The van der Waals surface area contributed by atoms with Gasteiger partial charge in [-0.3, -0.25) is 9.59 Å². The SMILES string of the molecule is Cc1ccc2c(=O)c(-c3nc(-c4ccc(F)cc4)no3)cn(CC(=O)NCCC3=CCCCC3)c2n1. The number of amides is 1. The first-order valence-electron chi connectivity index (χ1n) is 12.0. The average Bonchev–Trinajstić information content (AvgIpc) is 3.37. The molecule has 1 aliphatic rings. The van der Waals surface area contributed by atoms with E-state index in [4.69, 9.17) is 4.52 Å². The van der Waals surface area contributed by atoms with Crippen molar-refractivity contribution >= 4 is 16.9 Å². The zero-order valence-corrected chi connectivity index (χ0v) is 20.0. The smallest absolute Gasteiger partial charge is 0.263 e. The second kappa shape index (κ2) is 10.2. The van der Waals surface area contributed by atoms with Crippen LogP contribution in [0.1, 0.15) is 37.8 Å². The second-order valence-electron chi connectivity index (χ2n) is 8.96. The predicted molar refractivity (Wildman–Crippen MR) is 134 cm³/mol. The lowest BCUT2D eigenvalue weighted by Crippen LogP contribution is -2.29. The molecule has 0 radical (unpaired) electrons. The molecule has 5 rings (SSSR count). The van der Waals surface area contributed by atoms with Crippen LogP contribution >= 0.6 is 0 Å². The van der Waals surface area contributed by atoms with Crippen LogP contribution in [0.3, 0.4) is 0 Å². The van der Waals surface area contributed by atoms with Crippen molar-refractivity contribution in [2.45, 2.75) is 45.6 Å². The molecule has 1 aromatic carbocycles. The van der Waals surface area contributed by atoms with Crippen LogP contribution in [0.15, 0.2) is 63.6 Å². The Labute approximate surface area is 206 Å². The van der Waals surface area contributed by atoms with Gasteiger partial charge in [0.1, 0.15) is 23.6 Å². The molecular formula is C27H26FN5O3. The minimum absolute atomic E-state index is 0.0141. The summed E-state index contributed by atoms with van der Waals surface area (Å²) in [5.41, 5.74) is 2.92. The zero-order chi connectivity index (χ0) is 25.1. The van der Waals surface area contributed by atoms with E-state index in [-0.39, 0.29) is 41.0 Å². The van der Waals surface area contributed by atoms with Crippen LogP contribution in [0.4, 0.5) is 4.39 Å². The predicted octanol–water partition coefficient (Wildman–Crippen LogP) is 4.57. The minimum Gasteiger partial charge on any atom is -0.354 e. The summed E-state index contributed by atoms with van der Waals surface area (Å²) in [5.74, 6) is -0.312. The third kappa shape index (κ3) is 5.10. The van der Waals surface area contributed by atoms with Gasteiger partial charge in [-0.25, -0.2) is 9.37 Å². The van der Waals surface area contributed by atoms with E-state index >= 15 is 0 Å². The highest BCUT2D eigenvalue weighted by Gasteiger charge is 2.19. The van der Waals surface area contributed by atoms with Gasteiger partial charge in [-0.1, -0.05) is 16.8 Å². The van der Waals surface area contributed by atoms with E-state index < -0.39 is 0 Å². The van der Waals surface area contributed by atoms with Gasteiger partial charge >= 0.3 is 0 Å². The molecule has 0 spiro atoms. The molecule has 0 aliphatic heterocycles. The molecule has 36 heavy (non-hydrogen) atoms. The van der Waals surface area contributed by atoms with Crippen LogP contribution in [0.5, 0.6) is 0 Å². The Kier molecular flexibility index (Phi) is 6.71. The normalized spacial score (nSPS) is 13.6. The van der Waals surface area contributed by atoms with Crippen molar-refractivity contribution in [3.63, 3.8) is 0 Å². The third-order valence-electron chi connectivity index (χ3n) is 6.29. The van der Waals surface area contributed by atoms with Gasteiger partial charge in [0.15, 0.2) is 0 Å². The summed E-state index contributed by atoms with van der Waals surface area (Å²) >= 11 is 0. The summed E-state index contributed by atoms with van der Waals surface area (Å²) < 4.78 is 20.3. The highest BCUT2D eigenvalue weighted by atomic mass is 19.1. The standard InChI is InChI=1S/C27H26FN5O3/c1-17-7-12-21-24(35)22(27-31-25(32-36-27)19-8-10-20(28)11-9-19)15-33(26(21)30-17)16-23(34)29-14-13-18-5-3-2-4-6-18/h5,7-12,15H,2-4,6,13-14,16H2,1H3,(H,29,34). The molecule has 0 bridgehead atoms. The molecule has 1 amide bonds. The average molecular weight is 488 g/mol. The van der Waals surface area contributed by atoms with Gasteiger partial charge in [-0.05, 0) is 75.4 Å². The van der Waals surface area contributed by atoms with Crippen molar-refractivity contribution in [3.05, 3.63) is 76.0 Å². The van der Waals surface area contributed by atoms with Gasteiger partial charge in [0.2, 0.25) is 17.2 Å². The molecular weight excluding hydrogens is 461 g/mol. The molecule has 0 unspecified atom stereocenters. The van der Waals surface area contributed by atoms with E-state index in [0.29, 0.717) is 23.1 Å². The molecule has 8 nitrogen and oxygen atoms in total. The first kappa shape index (κ1) is 23.6. The van der Waals surface area contributed by atoms with Crippen molar-refractivity contribution in [3.8, 4) is 22.8 Å². The summed E-state index contributed by atoms with van der Waals surface area (Å²) in [6.07, 6.45) is 9.28. The fourth-order valence-electron chi connectivity index (χ4n) is 4.39. The number of rotatable bonds is 7. The van der Waals surface area contributed by atoms with E-state index in [9.17, 15) is 14.0 Å². The Morgan fingerprint density at radius 3 is 2.75 bits per heavy atom. The van der Waals surface area contributed by atoms with Crippen molar-refractivity contribution in [1.29, 1.82) is 0 Å². The molecule has 0 saturated heterocycles. The topological polar surface area (TPSA) is 103 Å². The quantitative estimate of drug-likeness (QED) is 0.383. The Hall–Kier alpha value is -4.14. The van der Waals surface area contributed by atoms with Crippen LogP contribution in [-0.4, -0.2) is 32.1 Å². The number of halogens is 1. The van der Waals surface area contributed by atoms with Crippen LogP contribution < -0.4 is 10.7 Å². The monoisotopic (exact) mass is 487 g/mol. The highest BCUT2D eigenvalue weighted by molar-refractivity contribution is 5.83. The maximum absolute atomic E-state index is 13.3. The summed E-state index contributed by atoms with van der Waals surface area (Å²) in [6.45, 7) is 2.37. The number of benzene rings is 1. The van der Waals surface area contributed by atoms with Crippen LogP contribution in [-0.2, 0) is 11.3 Å². The lowest BCUT2D eigenvalue weighted by molar-refractivity contribution is -0.121. The van der Waals surface area contributed by atoms with E-state index in [1.165, 1.54) is 48.9 Å². The summed E-state index contributed by atoms with van der Waals surface area (Å²) in [5, 5.41) is 7.27. The van der Waals surface area contributed by atoms with Crippen molar-refractivity contribution < 1.29 is 13.7 Å². The first-order valence-corrected chi connectivity index (χ1v) is 12.0. The van der Waals surface area contributed by atoms with E-state index in [1.54, 1.807) is 16.7 Å². The molecule has 1 aliphatic carbocycles. The van der Waals surface area contributed by atoms with Crippen LogP contribution in [0.2, 0.25) is 0 Å². The van der Waals surface area contributed by atoms with Crippen molar-refractivity contribution in [2.75, 3.05) is 6.54 Å². The Morgan fingerprint density at radius 2 is 1.97 bits per heavy atom. The molecule has 9 heteroatoms. The number of carbonyl (C=O) groups excluding carboxylic acids is 1. The maximum Gasteiger partial charge on any atom is 0.263 e. The lowest BCUT2D eigenvalue weighted by atomic mass is 9.97. The molecule has 3 aromatic heterocycles. The number of carbonyl (C=O) groups is 1. The van der Waals surface area contributed by atoms with E-state index in [2.05, 4.69) is 26.5 Å². The molecule has 3 heterocycles. The summed E-state index contributed by atoms with van der Waals surface area (Å²) in [7, 11) is 0. The van der Waals surface area contributed by atoms with E-state index in [1.807, 2.05) is 6.92 Å². The summed E-state index contributed by atoms with van der Waals surface area (Å²) in [6, 6.07) is 9.09. The number of allylic oxidation sites excluding steroid dienone is 1. The molecule has 0 saturated carbocycles. The third-order valence-corrected chi connectivity index (χ3v) is 6.29. The highest BCUT2D eigenvalue weighted by Crippen LogP contribution is 2.23. The number of hydrogen-bond donors (Lipinski definition) is 1. The Balaban J connectivity index is 1.43. The van der Waals surface area contributed by atoms with E-state index in [0.717, 1.165) is 25.0 Å². The maximum atomic E-state index is 13.3.